The average molecular weight is 236 g/mol. The van der Waals surface area contributed by atoms with Gasteiger partial charge in [0.25, 0.3) is 0 Å². The maximum Gasteiger partial charge on any atom is 0.190 e. The van der Waals surface area contributed by atoms with Crippen molar-refractivity contribution in [3.63, 3.8) is 0 Å². The highest BCUT2D eigenvalue weighted by atomic mass is 16.5. The molecule has 17 heavy (non-hydrogen) atoms. The van der Waals surface area contributed by atoms with E-state index in [1.165, 1.54) is 0 Å². The van der Waals surface area contributed by atoms with Gasteiger partial charge in [-0.2, -0.15) is 5.10 Å². The largest absolute Gasteiger partial charge is 0.493 e. The minimum absolute atomic E-state index is 0.186. The minimum Gasteiger partial charge on any atom is -0.493 e. The van der Waals surface area contributed by atoms with Crippen molar-refractivity contribution in [1.29, 1.82) is 0 Å². The summed E-state index contributed by atoms with van der Waals surface area (Å²) >= 11 is 0. The SMILES string of the molecule is CCn1ncc(OC)c1C(=O)C1(C)CCCC1. The highest BCUT2D eigenvalue weighted by molar-refractivity contribution is 6.01. The smallest absolute Gasteiger partial charge is 0.190 e. The Morgan fingerprint density at radius 1 is 1.53 bits per heavy atom. The van der Waals surface area contributed by atoms with Crippen molar-refractivity contribution >= 4 is 5.78 Å². The molecule has 0 radical (unpaired) electrons. The van der Waals surface area contributed by atoms with Crippen LogP contribution in [0.2, 0.25) is 0 Å². The molecular weight excluding hydrogens is 216 g/mol. The lowest BCUT2D eigenvalue weighted by Crippen LogP contribution is -2.27. The summed E-state index contributed by atoms with van der Waals surface area (Å²) in [5, 5.41) is 4.20. The highest BCUT2D eigenvalue weighted by Gasteiger charge is 2.39. The third-order valence-electron chi connectivity index (χ3n) is 3.80. The Bertz CT molecular complexity index is 396. The molecular formula is C13H20N2O2. The van der Waals surface area contributed by atoms with E-state index in [0.29, 0.717) is 18.0 Å². The molecule has 0 amide bonds. The molecule has 0 bridgehead atoms. The highest BCUT2D eigenvalue weighted by Crippen LogP contribution is 2.41. The van der Waals surface area contributed by atoms with Crippen molar-refractivity contribution in [3.05, 3.63) is 11.9 Å². The van der Waals surface area contributed by atoms with Gasteiger partial charge in [-0.05, 0) is 19.8 Å². The van der Waals surface area contributed by atoms with Crippen LogP contribution in [0, 0.1) is 5.41 Å². The van der Waals surface area contributed by atoms with Crippen LogP contribution >= 0.6 is 0 Å². The van der Waals surface area contributed by atoms with Crippen LogP contribution in [0.4, 0.5) is 0 Å². The Hall–Kier alpha value is -1.32. The van der Waals surface area contributed by atoms with Crippen molar-refractivity contribution in [1.82, 2.24) is 9.78 Å². The normalized spacial score (nSPS) is 18.3. The van der Waals surface area contributed by atoms with Crippen LogP contribution in [-0.2, 0) is 6.54 Å². The van der Waals surface area contributed by atoms with Gasteiger partial charge in [-0.1, -0.05) is 19.8 Å². The summed E-state index contributed by atoms with van der Waals surface area (Å²) < 4.78 is 6.99. The summed E-state index contributed by atoms with van der Waals surface area (Å²) in [6.07, 6.45) is 5.87. The minimum atomic E-state index is -0.222. The van der Waals surface area contributed by atoms with E-state index in [1.54, 1.807) is 18.0 Å². The van der Waals surface area contributed by atoms with Crippen molar-refractivity contribution in [2.24, 2.45) is 5.41 Å². The first kappa shape index (κ1) is 12.1. The van der Waals surface area contributed by atoms with E-state index < -0.39 is 0 Å². The number of Topliss-reactive ketones (excluding diaryl/α,β-unsaturated/α-hetero) is 1. The van der Waals surface area contributed by atoms with Crippen molar-refractivity contribution in [2.75, 3.05) is 7.11 Å². The molecule has 1 saturated carbocycles. The van der Waals surface area contributed by atoms with Gasteiger partial charge in [0, 0.05) is 12.0 Å². The molecule has 0 aromatic carbocycles. The number of methoxy groups -OCH3 is 1. The van der Waals surface area contributed by atoms with E-state index in [1.807, 2.05) is 6.92 Å². The lowest BCUT2D eigenvalue weighted by atomic mass is 9.82. The number of nitrogens with zero attached hydrogens (tertiary/aromatic N) is 2. The Kier molecular flexibility index (Phi) is 3.22. The number of carbonyl (C=O) groups is 1. The standard InChI is InChI=1S/C13H20N2O2/c1-4-15-11(10(17-3)9-14-15)12(16)13(2)7-5-6-8-13/h9H,4-8H2,1-3H3. The van der Waals surface area contributed by atoms with Crippen LogP contribution in [0.3, 0.4) is 0 Å². The quantitative estimate of drug-likeness (QED) is 0.755. The number of ether oxygens (including phenoxy) is 1. The molecule has 0 unspecified atom stereocenters. The second-order valence-electron chi connectivity index (χ2n) is 4.97. The first-order valence-electron chi connectivity index (χ1n) is 6.27. The molecule has 1 aliphatic carbocycles. The second-order valence-corrected chi connectivity index (χ2v) is 4.97. The number of carbonyl (C=O) groups excluding carboxylic acids is 1. The monoisotopic (exact) mass is 236 g/mol. The van der Waals surface area contributed by atoms with E-state index >= 15 is 0 Å². The topological polar surface area (TPSA) is 44.1 Å². The molecule has 4 nitrogen and oxygen atoms in total. The molecule has 0 aliphatic heterocycles. The number of aromatic nitrogens is 2. The van der Waals surface area contributed by atoms with Crippen molar-refractivity contribution in [2.45, 2.75) is 46.1 Å². The zero-order valence-electron chi connectivity index (χ0n) is 10.8. The van der Waals surface area contributed by atoms with Crippen LogP contribution in [-0.4, -0.2) is 22.7 Å². The molecule has 1 aliphatic rings. The Balaban J connectivity index is 2.38. The predicted octanol–water partition coefficient (Wildman–Crippen LogP) is 2.67. The zero-order chi connectivity index (χ0) is 12.5. The molecule has 0 N–H and O–H groups in total. The average Bonchev–Trinajstić information content (AvgIpc) is 2.94. The summed E-state index contributed by atoms with van der Waals surface area (Å²) in [4.78, 5) is 12.6. The summed E-state index contributed by atoms with van der Waals surface area (Å²) in [5.74, 6) is 0.788. The van der Waals surface area contributed by atoms with Crippen LogP contribution < -0.4 is 4.74 Å². The van der Waals surface area contributed by atoms with Gasteiger partial charge in [0.05, 0.1) is 13.3 Å². The molecule has 0 atom stereocenters. The molecule has 94 valence electrons. The summed E-state index contributed by atoms with van der Waals surface area (Å²) in [5.41, 5.74) is 0.416. The molecule has 1 aromatic rings. The Labute approximate surface area is 102 Å². The lowest BCUT2D eigenvalue weighted by Gasteiger charge is -2.22. The van der Waals surface area contributed by atoms with E-state index in [9.17, 15) is 4.79 Å². The van der Waals surface area contributed by atoms with Gasteiger partial charge in [-0.15, -0.1) is 0 Å². The zero-order valence-corrected chi connectivity index (χ0v) is 10.8. The van der Waals surface area contributed by atoms with Crippen molar-refractivity contribution < 1.29 is 9.53 Å². The van der Waals surface area contributed by atoms with E-state index in [4.69, 9.17) is 4.74 Å². The van der Waals surface area contributed by atoms with Gasteiger partial charge in [0.2, 0.25) is 0 Å². The predicted molar refractivity (Wildman–Crippen MR) is 65.4 cm³/mol. The molecule has 1 fully saturated rings. The third-order valence-corrected chi connectivity index (χ3v) is 3.80. The number of ketones is 1. The van der Waals surface area contributed by atoms with E-state index in [0.717, 1.165) is 25.7 Å². The van der Waals surface area contributed by atoms with Gasteiger partial charge in [-0.25, -0.2) is 0 Å². The summed E-state index contributed by atoms with van der Waals surface area (Å²) in [6.45, 7) is 4.75. The number of aryl methyl sites for hydroxylation is 1. The summed E-state index contributed by atoms with van der Waals surface area (Å²) in [7, 11) is 1.59. The first-order chi connectivity index (χ1) is 8.12. The van der Waals surface area contributed by atoms with Gasteiger partial charge in [-0.3, -0.25) is 9.48 Å². The number of rotatable bonds is 4. The fraction of sp³-hybridized carbons (Fsp3) is 0.692. The molecule has 1 aromatic heterocycles. The van der Waals surface area contributed by atoms with E-state index in [-0.39, 0.29) is 11.2 Å². The summed E-state index contributed by atoms with van der Waals surface area (Å²) in [6, 6.07) is 0. The van der Waals surface area contributed by atoms with Crippen LogP contribution in [0.1, 0.15) is 50.0 Å². The van der Waals surface area contributed by atoms with E-state index in [2.05, 4.69) is 12.0 Å². The fourth-order valence-electron chi connectivity index (χ4n) is 2.65. The van der Waals surface area contributed by atoms with Crippen molar-refractivity contribution in [3.8, 4) is 5.75 Å². The molecule has 1 heterocycles. The molecule has 0 spiro atoms. The Morgan fingerprint density at radius 3 is 2.71 bits per heavy atom. The first-order valence-corrected chi connectivity index (χ1v) is 6.27. The maximum absolute atomic E-state index is 12.6. The second kappa shape index (κ2) is 4.51. The number of hydrogen-bond acceptors (Lipinski definition) is 3. The molecule has 0 saturated heterocycles. The lowest BCUT2D eigenvalue weighted by molar-refractivity contribution is 0.0808. The fourth-order valence-corrected chi connectivity index (χ4v) is 2.65. The van der Waals surface area contributed by atoms with Gasteiger partial charge in [0.15, 0.2) is 11.5 Å². The Morgan fingerprint density at radius 2 is 2.18 bits per heavy atom. The molecule has 2 rings (SSSR count). The van der Waals surface area contributed by atoms with Gasteiger partial charge in [0.1, 0.15) is 5.69 Å². The number of hydrogen-bond donors (Lipinski definition) is 0. The van der Waals surface area contributed by atoms with Crippen LogP contribution in [0.5, 0.6) is 5.75 Å². The van der Waals surface area contributed by atoms with Crippen LogP contribution in [0.25, 0.3) is 0 Å². The molecule has 4 heteroatoms. The maximum atomic E-state index is 12.6. The third kappa shape index (κ3) is 1.96. The van der Waals surface area contributed by atoms with Crippen LogP contribution in [0.15, 0.2) is 6.20 Å². The van der Waals surface area contributed by atoms with Gasteiger partial charge >= 0.3 is 0 Å². The van der Waals surface area contributed by atoms with Gasteiger partial charge < -0.3 is 4.74 Å².